The molecule has 5 heteroatoms. The van der Waals surface area contributed by atoms with Crippen molar-refractivity contribution < 1.29 is 4.79 Å². The van der Waals surface area contributed by atoms with E-state index in [0.717, 1.165) is 11.1 Å². The maximum Gasteiger partial charge on any atom is 0.229 e. The molecule has 96 valence electrons. The van der Waals surface area contributed by atoms with E-state index in [9.17, 15) is 4.79 Å². The molecule has 0 fully saturated rings. The van der Waals surface area contributed by atoms with Gasteiger partial charge in [-0.3, -0.25) is 4.79 Å². The number of anilines is 2. The summed E-state index contributed by atoms with van der Waals surface area (Å²) in [5, 5.41) is 2.83. The van der Waals surface area contributed by atoms with E-state index in [2.05, 4.69) is 15.3 Å². The van der Waals surface area contributed by atoms with Crippen molar-refractivity contribution in [3.63, 3.8) is 0 Å². The van der Waals surface area contributed by atoms with Crippen LogP contribution in [0.15, 0.2) is 36.7 Å². The van der Waals surface area contributed by atoms with Gasteiger partial charge in [-0.2, -0.15) is 0 Å². The SMILES string of the molecule is Nc1cc2c(cn1)CC(C(=O)Nc1ccccn1)C2. The van der Waals surface area contributed by atoms with Gasteiger partial charge in [0.05, 0.1) is 0 Å². The van der Waals surface area contributed by atoms with Crippen LogP contribution < -0.4 is 11.1 Å². The van der Waals surface area contributed by atoms with Gasteiger partial charge in [-0.05, 0) is 42.2 Å². The van der Waals surface area contributed by atoms with E-state index in [0.29, 0.717) is 24.5 Å². The molecule has 2 heterocycles. The summed E-state index contributed by atoms with van der Waals surface area (Å²) in [6, 6.07) is 7.29. The van der Waals surface area contributed by atoms with Crippen molar-refractivity contribution in [2.75, 3.05) is 11.1 Å². The Bertz CT molecular complexity index is 612. The van der Waals surface area contributed by atoms with Crippen molar-refractivity contribution in [3.8, 4) is 0 Å². The summed E-state index contributed by atoms with van der Waals surface area (Å²) in [6.07, 6.45) is 4.84. The number of nitrogens with zero attached hydrogens (tertiary/aromatic N) is 2. The Morgan fingerprint density at radius 2 is 2.11 bits per heavy atom. The van der Waals surface area contributed by atoms with Crippen LogP contribution in [0, 0.1) is 5.92 Å². The molecule has 0 aliphatic heterocycles. The number of carbonyl (C=O) groups excluding carboxylic acids is 1. The Morgan fingerprint density at radius 3 is 2.89 bits per heavy atom. The van der Waals surface area contributed by atoms with Crippen LogP contribution in [0.1, 0.15) is 11.1 Å². The summed E-state index contributed by atoms with van der Waals surface area (Å²) >= 11 is 0. The summed E-state index contributed by atoms with van der Waals surface area (Å²) in [5.41, 5.74) is 7.88. The van der Waals surface area contributed by atoms with Gasteiger partial charge in [-0.25, -0.2) is 9.97 Å². The smallest absolute Gasteiger partial charge is 0.229 e. The van der Waals surface area contributed by atoms with E-state index in [1.165, 1.54) is 0 Å². The minimum Gasteiger partial charge on any atom is -0.384 e. The zero-order chi connectivity index (χ0) is 13.2. The Morgan fingerprint density at radius 1 is 1.26 bits per heavy atom. The number of carbonyl (C=O) groups is 1. The topological polar surface area (TPSA) is 80.9 Å². The van der Waals surface area contributed by atoms with E-state index in [1.807, 2.05) is 18.2 Å². The lowest BCUT2D eigenvalue weighted by molar-refractivity contribution is -0.119. The first-order chi connectivity index (χ1) is 9.22. The molecule has 1 atom stereocenters. The summed E-state index contributed by atoms with van der Waals surface area (Å²) in [4.78, 5) is 20.3. The number of aromatic nitrogens is 2. The molecular formula is C14H14N4O. The van der Waals surface area contributed by atoms with Gasteiger partial charge in [0.25, 0.3) is 0 Å². The first-order valence-electron chi connectivity index (χ1n) is 6.17. The van der Waals surface area contributed by atoms with Gasteiger partial charge >= 0.3 is 0 Å². The molecular weight excluding hydrogens is 240 g/mol. The van der Waals surface area contributed by atoms with Crippen LogP contribution in [-0.4, -0.2) is 15.9 Å². The predicted molar refractivity (Wildman–Crippen MR) is 72.4 cm³/mol. The van der Waals surface area contributed by atoms with Crippen molar-refractivity contribution in [2.24, 2.45) is 5.92 Å². The third-order valence-electron chi connectivity index (χ3n) is 3.32. The van der Waals surface area contributed by atoms with Crippen LogP contribution in [0.25, 0.3) is 0 Å². The molecule has 3 N–H and O–H groups in total. The molecule has 19 heavy (non-hydrogen) atoms. The minimum absolute atomic E-state index is 0.00604. The maximum atomic E-state index is 12.2. The number of nitrogen functional groups attached to an aromatic ring is 1. The number of nitrogens with one attached hydrogen (secondary N) is 1. The van der Waals surface area contributed by atoms with Gasteiger partial charge in [0.1, 0.15) is 11.6 Å². The van der Waals surface area contributed by atoms with Crippen LogP contribution in [0.2, 0.25) is 0 Å². The molecule has 1 aliphatic rings. The fraction of sp³-hybridized carbons (Fsp3) is 0.214. The number of amides is 1. The Balaban J connectivity index is 1.71. The Hall–Kier alpha value is -2.43. The second kappa shape index (κ2) is 4.68. The highest BCUT2D eigenvalue weighted by Crippen LogP contribution is 2.27. The first kappa shape index (κ1) is 11.6. The molecule has 3 rings (SSSR count). The summed E-state index contributed by atoms with van der Waals surface area (Å²) in [7, 11) is 0. The van der Waals surface area contributed by atoms with Crippen molar-refractivity contribution in [3.05, 3.63) is 47.8 Å². The van der Waals surface area contributed by atoms with E-state index in [1.54, 1.807) is 18.5 Å². The first-order valence-corrected chi connectivity index (χ1v) is 6.17. The van der Waals surface area contributed by atoms with Crippen molar-refractivity contribution >= 4 is 17.5 Å². The lowest BCUT2D eigenvalue weighted by Crippen LogP contribution is -2.23. The molecule has 1 amide bonds. The summed E-state index contributed by atoms with van der Waals surface area (Å²) in [6.45, 7) is 0. The number of hydrogen-bond acceptors (Lipinski definition) is 4. The highest BCUT2D eigenvalue weighted by molar-refractivity contribution is 5.92. The van der Waals surface area contributed by atoms with Gasteiger partial charge in [0.15, 0.2) is 0 Å². The lowest BCUT2D eigenvalue weighted by atomic mass is 10.1. The normalized spacial score (nSPS) is 16.9. The Labute approximate surface area is 110 Å². The monoisotopic (exact) mass is 254 g/mol. The van der Waals surface area contributed by atoms with E-state index >= 15 is 0 Å². The van der Waals surface area contributed by atoms with Crippen LogP contribution in [0.5, 0.6) is 0 Å². The number of rotatable bonds is 2. The number of fused-ring (bicyclic) bond motifs is 1. The maximum absolute atomic E-state index is 12.2. The number of pyridine rings is 2. The van der Waals surface area contributed by atoms with Crippen LogP contribution in [0.3, 0.4) is 0 Å². The third-order valence-corrected chi connectivity index (χ3v) is 3.32. The Kier molecular flexibility index (Phi) is 2.87. The van der Waals surface area contributed by atoms with Crippen molar-refractivity contribution in [2.45, 2.75) is 12.8 Å². The van der Waals surface area contributed by atoms with Crippen LogP contribution >= 0.6 is 0 Å². The molecule has 0 bridgehead atoms. The second-order valence-electron chi connectivity index (χ2n) is 4.69. The molecule has 0 saturated carbocycles. The summed E-state index contributed by atoms with van der Waals surface area (Å²) in [5.74, 6) is 1.01. The fourth-order valence-corrected chi connectivity index (χ4v) is 2.37. The number of hydrogen-bond donors (Lipinski definition) is 2. The zero-order valence-electron chi connectivity index (χ0n) is 10.3. The molecule has 0 spiro atoms. The lowest BCUT2D eigenvalue weighted by Gasteiger charge is -2.09. The van der Waals surface area contributed by atoms with E-state index < -0.39 is 0 Å². The quantitative estimate of drug-likeness (QED) is 0.849. The molecule has 5 nitrogen and oxygen atoms in total. The fourth-order valence-electron chi connectivity index (χ4n) is 2.37. The average Bonchev–Trinajstić information content (AvgIpc) is 2.83. The minimum atomic E-state index is -0.0689. The predicted octanol–water partition coefficient (Wildman–Crippen LogP) is 1.41. The van der Waals surface area contributed by atoms with Gasteiger partial charge < -0.3 is 11.1 Å². The van der Waals surface area contributed by atoms with Gasteiger partial charge in [-0.15, -0.1) is 0 Å². The number of nitrogens with two attached hydrogens (primary N) is 1. The molecule has 0 radical (unpaired) electrons. The molecule has 2 aromatic heterocycles. The summed E-state index contributed by atoms with van der Waals surface area (Å²) < 4.78 is 0. The van der Waals surface area contributed by atoms with E-state index in [-0.39, 0.29) is 11.8 Å². The molecule has 2 aromatic rings. The van der Waals surface area contributed by atoms with E-state index in [4.69, 9.17) is 5.73 Å². The highest BCUT2D eigenvalue weighted by Gasteiger charge is 2.28. The van der Waals surface area contributed by atoms with Crippen LogP contribution in [0.4, 0.5) is 11.6 Å². The second-order valence-corrected chi connectivity index (χ2v) is 4.69. The van der Waals surface area contributed by atoms with Crippen molar-refractivity contribution in [1.82, 2.24) is 9.97 Å². The average molecular weight is 254 g/mol. The molecule has 1 aliphatic carbocycles. The largest absolute Gasteiger partial charge is 0.384 e. The molecule has 1 unspecified atom stereocenters. The highest BCUT2D eigenvalue weighted by atomic mass is 16.1. The van der Waals surface area contributed by atoms with Crippen molar-refractivity contribution in [1.29, 1.82) is 0 Å². The van der Waals surface area contributed by atoms with Crippen LogP contribution in [-0.2, 0) is 17.6 Å². The van der Waals surface area contributed by atoms with Gasteiger partial charge in [-0.1, -0.05) is 6.07 Å². The van der Waals surface area contributed by atoms with Gasteiger partial charge in [0.2, 0.25) is 5.91 Å². The standard InChI is InChI=1S/C14H14N4O/c15-12-7-9-5-10(6-11(9)8-17-12)14(19)18-13-3-1-2-4-16-13/h1-4,7-8,10H,5-6H2,(H2,15,17)(H,16,18,19). The third kappa shape index (κ3) is 2.40. The zero-order valence-corrected chi connectivity index (χ0v) is 10.3. The molecule has 0 aromatic carbocycles. The van der Waals surface area contributed by atoms with Gasteiger partial charge in [0, 0.05) is 18.3 Å². The molecule has 0 saturated heterocycles.